The first-order valence-electron chi connectivity index (χ1n) is 7.63. The SMILES string of the molecule is C#CCN(C(=O)C1CCCCC1CN)C1CCS(=O)(=O)C1. The first-order valence-corrected chi connectivity index (χ1v) is 9.45. The molecule has 1 heterocycles. The highest BCUT2D eigenvalue weighted by atomic mass is 32.2. The minimum absolute atomic E-state index is 0.00481. The van der Waals surface area contributed by atoms with Gasteiger partial charge in [0.25, 0.3) is 0 Å². The zero-order chi connectivity index (χ0) is 15.5. The van der Waals surface area contributed by atoms with Crippen molar-refractivity contribution in [3.05, 3.63) is 0 Å². The van der Waals surface area contributed by atoms with Crippen molar-refractivity contribution in [1.82, 2.24) is 4.90 Å². The van der Waals surface area contributed by atoms with Crippen molar-refractivity contribution < 1.29 is 13.2 Å². The van der Waals surface area contributed by atoms with Crippen molar-refractivity contribution in [2.45, 2.75) is 38.1 Å². The van der Waals surface area contributed by atoms with E-state index in [1.54, 1.807) is 4.90 Å². The van der Waals surface area contributed by atoms with E-state index in [9.17, 15) is 13.2 Å². The second-order valence-electron chi connectivity index (χ2n) is 6.11. The lowest BCUT2D eigenvalue weighted by Gasteiger charge is -2.35. The highest BCUT2D eigenvalue weighted by Crippen LogP contribution is 2.32. The van der Waals surface area contributed by atoms with Gasteiger partial charge in [-0.05, 0) is 31.7 Å². The van der Waals surface area contributed by atoms with Crippen molar-refractivity contribution in [2.24, 2.45) is 17.6 Å². The van der Waals surface area contributed by atoms with Gasteiger partial charge in [-0.25, -0.2) is 8.42 Å². The van der Waals surface area contributed by atoms with Crippen molar-refractivity contribution in [3.8, 4) is 12.3 Å². The molecule has 1 saturated carbocycles. The van der Waals surface area contributed by atoms with Gasteiger partial charge in [-0.1, -0.05) is 18.8 Å². The molecule has 5 nitrogen and oxygen atoms in total. The lowest BCUT2D eigenvalue weighted by Crippen LogP contribution is -2.47. The molecule has 2 rings (SSSR count). The maximum atomic E-state index is 12.8. The van der Waals surface area contributed by atoms with Crippen LogP contribution in [0.1, 0.15) is 32.1 Å². The van der Waals surface area contributed by atoms with E-state index in [0.29, 0.717) is 13.0 Å². The van der Waals surface area contributed by atoms with Crippen molar-refractivity contribution in [3.63, 3.8) is 0 Å². The summed E-state index contributed by atoms with van der Waals surface area (Å²) < 4.78 is 23.3. The molecule has 1 saturated heterocycles. The zero-order valence-corrected chi connectivity index (χ0v) is 13.1. The molecule has 2 N–H and O–H groups in total. The predicted molar refractivity (Wildman–Crippen MR) is 82.1 cm³/mol. The highest BCUT2D eigenvalue weighted by molar-refractivity contribution is 7.91. The van der Waals surface area contributed by atoms with Crippen LogP contribution < -0.4 is 5.73 Å². The van der Waals surface area contributed by atoms with Crippen molar-refractivity contribution in [1.29, 1.82) is 0 Å². The number of nitrogens with zero attached hydrogens (tertiary/aromatic N) is 1. The Bertz CT molecular complexity index is 524. The molecule has 0 radical (unpaired) electrons. The van der Waals surface area contributed by atoms with Crippen LogP contribution in [0.2, 0.25) is 0 Å². The molecule has 0 aromatic carbocycles. The van der Waals surface area contributed by atoms with Crippen LogP contribution in [0.25, 0.3) is 0 Å². The number of amides is 1. The van der Waals surface area contributed by atoms with Crippen molar-refractivity contribution in [2.75, 3.05) is 24.6 Å². The van der Waals surface area contributed by atoms with Gasteiger partial charge < -0.3 is 10.6 Å². The molecule has 3 unspecified atom stereocenters. The third-order valence-corrected chi connectivity index (χ3v) is 6.47. The minimum Gasteiger partial charge on any atom is -0.330 e. The molecular formula is C15H24N2O3S. The molecule has 0 aromatic heterocycles. The average molecular weight is 312 g/mol. The summed E-state index contributed by atoms with van der Waals surface area (Å²) in [6, 6.07) is -0.265. The van der Waals surface area contributed by atoms with E-state index >= 15 is 0 Å². The summed E-state index contributed by atoms with van der Waals surface area (Å²) >= 11 is 0. The fraction of sp³-hybridized carbons (Fsp3) is 0.800. The van der Waals surface area contributed by atoms with Gasteiger partial charge in [0, 0.05) is 12.0 Å². The van der Waals surface area contributed by atoms with Crippen LogP contribution in [0.15, 0.2) is 0 Å². The second-order valence-corrected chi connectivity index (χ2v) is 8.34. The lowest BCUT2D eigenvalue weighted by molar-refractivity contribution is -0.139. The van der Waals surface area contributed by atoms with E-state index in [1.807, 2.05) is 0 Å². The third kappa shape index (κ3) is 3.78. The Kier molecular flexibility index (Phi) is 5.28. The third-order valence-electron chi connectivity index (χ3n) is 4.72. The molecule has 6 heteroatoms. The number of nitrogens with two attached hydrogens (primary N) is 1. The first-order chi connectivity index (χ1) is 9.98. The molecule has 1 aliphatic heterocycles. The summed E-state index contributed by atoms with van der Waals surface area (Å²) in [5.41, 5.74) is 5.80. The number of terminal acetylenes is 1. The van der Waals surface area contributed by atoms with Crippen LogP contribution in [-0.4, -0.2) is 49.9 Å². The molecular weight excluding hydrogens is 288 g/mol. The average Bonchev–Trinajstić information content (AvgIpc) is 2.84. The molecule has 0 bridgehead atoms. The van der Waals surface area contributed by atoms with Gasteiger partial charge in [0.05, 0.1) is 18.1 Å². The molecule has 2 aliphatic rings. The van der Waals surface area contributed by atoms with E-state index in [4.69, 9.17) is 12.2 Å². The van der Waals surface area contributed by atoms with Crippen LogP contribution in [0.5, 0.6) is 0 Å². The van der Waals surface area contributed by atoms with Gasteiger partial charge in [-0.15, -0.1) is 6.42 Å². The Morgan fingerprint density at radius 2 is 2.00 bits per heavy atom. The molecule has 118 valence electrons. The Morgan fingerprint density at radius 1 is 1.29 bits per heavy atom. The molecule has 1 aliphatic carbocycles. The predicted octanol–water partition coefficient (Wildman–Crippen LogP) is 0.400. The van der Waals surface area contributed by atoms with E-state index in [1.165, 1.54) is 0 Å². The molecule has 0 spiro atoms. The van der Waals surface area contributed by atoms with Gasteiger partial charge in [0.1, 0.15) is 0 Å². The van der Waals surface area contributed by atoms with Gasteiger partial charge >= 0.3 is 0 Å². The monoisotopic (exact) mass is 312 g/mol. The van der Waals surface area contributed by atoms with E-state index in [-0.39, 0.29) is 41.8 Å². The largest absolute Gasteiger partial charge is 0.330 e. The summed E-state index contributed by atoms with van der Waals surface area (Å²) in [7, 11) is -3.03. The zero-order valence-electron chi connectivity index (χ0n) is 12.3. The maximum absolute atomic E-state index is 12.8. The summed E-state index contributed by atoms with van der Waals surface area (Å²) in [5, 5.41) is 0. The Balaban J connectivity index is 2.14. The Labute approximate surface area is 127 Å². The molecule has 0 aromatic rings. The smallest absolute Gasteiger partial charge is 0.227 e. The second kappa shape index (κ2) is 6.80. The van der Waals surface area contributed by atoms with Gasteiger partial charge in [0.15, 0.2) is 9.84 Å². The Morgan fingerprint density at radius 3 is 2.57 bits per heavy atom. The number of carbonyl (C=O) groups excluding carboxylic acids is 1. The van der Waals surface area contributed by atoms with Gasteiger partial charge in [0.2, 0.25) is 5.91 Å². The number of rotatable bonds is 4. The fourth-order valence-corrected chi connectivity index (χ4v) is 5.27. The maximum Gasteiger partial charge on any atom is 0.227 e. The number of hydrogen-bond acceptors (Lipinski definition) is 4. The molecule has 21 heavy (non-hydrogen) atoms. The van der Waals surface area contributed by atoms with Gasteiger partial charge in [-0.2, -0.15) is 0 Å². The van der Waals surface area contributed by atoms with Crippen molar-refractivity contribution >= 4 is 15.7 Å². The van der Waals surface area contributed by atoms with Crippen LogP contribution in [0.3, 0.4) is 0 Å². The standard InChI is InChI=1S/C15H24N2O3S/c1-2-8-17(13-7-9-21(19,20)11-13)15(18)14-6-4-3-5-12(14)10-16/h1,12-14H,3-11,16H2. The van der Waals surface area contributed by atoms with Crippen LogP contribution in [-0.2, 0) is 14.6 Å². The van der Waals surface area contributed by atoms with Crippen LogP contribution in [0, 0.1) is 24.2 Å². The molecule has 1 amide bonds. The van der Waals surface area contributed by atoms with Crippen LogP contribution >= 0.6 is 0 Å². The normalized spacial score (nSPS) is 31.5. The quantitative estimate of drug-likeness (QED) is 0.762. The lowest BCUT2D eigenvalue weighted by atomic mass is 9.78. The van der Waals surface area contributed by atoms with E-state index in [2.05, 4.69) is 5.92 Å². The summed E-state index contributed by atoms with van der Waals surface area (Å²) in [6.45, 7) is 0.691. The van der Waals surface area contributed by atoms with E-state index < -0.39 is 9.84 Å². The topological polar surface area (TPSA) is 80.5 Å². The fourth-order valence-electron chi connectivity index (χ4n) is 3.53. The number of sulfone groups is 1. The Hall–Kier alpha value is -1.06. The first kappa shape index (κ1) is 16.3. The number of hydrogen-bond donors (Lipinski definition) is 1. The summed E-state index contributed by atoms with van der Waals surface area (Å²) in [5.74, 6) is 2.80. The van der Waals surface area contributed by atoms with Gasteiger partial charge in [-0.3, -0.25) is 4.79 Å². The number of carbonyl (C=O) groups is 1. The van der Waals surface area contributed by atoms with E-state index in [0.717, 1.165) is 25.7 Å². The molecule has 2 fully saturated rings. The summed E-state index contributed by atoms with van der Waals surface area (Å²) in [4.78, 5) is 14.4. The van der Waals surface area contributed by atoms with Crippen LogP contribution in [0.4, 0.5) is 0 Å². The summed E-state index contributed by atoms with van der Waals surface area (Å²) in [6.07, 6.45) is 9.82. The molecule has 3 atom stereocenters. The highest BCUT2D eigenvalue weighted by Gasteiger charge is 2.39. The minimum atomic E-state index is -3.03.